The van der Waals surface area contributed by atoms with Crippen molar-refractivity contribution in [3.63, 3.8) is 0 Å². The quantitative estimate of drug-likeness (QED) is 0.591. The van der Waals surface area contributed by atoms with Crippen LogP contribution in [0.2, 0.25) is 0 Å². The monoisotopic (exact) mass is 240 g/mol. The predicted octanol–water partition coefficient (Wildman–Crippen LogP) is 1.16. The van der Waals surface area contributed by atoms with Gasteiger partial charge in [0.25, 0.3) is 0 Å². The van der Waals surface area contributed by atoms with Crippen molar-refractivity contribution in [1.29, 1.82) is 0 Å². The van der Waals surface area contributed by atoms with Gasteiger partial charge < -0.3 is 14.6 Å². The van der Waals surface area contributed by atoms with Gasteiger partial charge in [-0.2, -0.15) is 0 Å². The van der Waals surface area contributed by atoms with Crippen LogP contribution in [-0.4, -0.2) is 30.1 Å². The molecule has 2 saturated carbocycles. The molecule has 2 fully saturated rings. The van der Waals surface area contributed by atoms with E-state index in [1.165, 1.54) is 0 Å². The number of hydrogen-bond donors (Lipinski definition) is 1. The average Bonchev–Trinajstić information content (AvgIpc) is 2.73. The van der Waals surface area contributed by atoms with E-state index in [1.807, 2.05) is 0 Å². The van der Waals surface area contributed by atoms with E-state index in [4.69, 9.17) is 4.74 Å². The summed E-state index contributed by atoms with van der Waals surface area (Å²) in [5.41, 5.74) is 0. The molecule has 0 amide bonds. The van der Waals surface area contributed by atoms with Gasteiger partial charge in [-0.05, 0) is 43.9 Å². The molecule has 0 spiro atoms. The Labute approximate surface area is 101 Å². The number of esters is 1. The van der Waals surface area contributed by atoms with Crippen LogP contribution in [0.4, 0.5) is 0 Å². The molecule has 0 saturated heterocycles. The zero-order valence-corrected chi connectivity index (χ0v) is 10.2. The molecule has 0 aliphatic heterocycles. The fourth-order valence-corrected chi connectivity index (χ4v) is 3.59. The zero-order chi connectivity index (χ0) is 12.4. The number of aldehydes is 1. The van der Waals surface area contributed by atoms with Gasteiger partial charge >= 0.3 is 5.97 Å². The summed E-state index contributed by atoms with van der Waals surface area (Å²) in [5.74, 6) is 0.674. The molecule has 4 heteroatoms. The number of carbonyl (C=O) groups is 2. The molecule has 0 aromatic heterocycles. The Balaban J connectivity index is 1.88. The number of aliphatic hydroxyl groups is 1. The number of fused-ring (bicyclic) bond motifs is 1. The standard InChI is InChI=1S/C13H20O4/c1-2-17-13(16)5-8-3-9-6-12(15)11(7-14)10(9)4-8/h7-12,15H,2-6H2,1H3/t8?,9-,10-,11-,12-/m1/s1. The van der Waals surface area contributed by atoms with Crippen LogP contribution < -0.4 is 0 Å². The van der Waals surface area contributed by atoms with E-state index in [-0.39, 0.29) is 17.8 Å². The summed E-state index contributed by atoms with van der Waals surface area (Å²) in [6.07, 6.45) is 3.43. The highest BCUT2D eigenvalue weighted by Crippen LogP contribution is 2.50. The highest BCUT2D eigenvalue weighted by atomic mass is 16.5. The lowest BCUT2D eigenvalue weighted by Crippen LogP contribution is -2.21. The second kappa shape index (κ2) is 5.17. The van der Waals surface area contributed by atoms with E-state index in [0.29, 0.717) is 31.3 Å². The van der Waals surface area contributed by atoms with Gasteiger partial charge in [-0.25, -0.2) is 0 Å². The summed E-state index contributed by atoms with van der Waals surface area (Å²) >= 11 is 0. The van der Waals surface area contributed by atoms with Crippen LogP contribution >= 0.6 is 0 Å². The first kappa shape index (κ1) is 12.6. The Hall–Kier alpha value is -0.900. The van der Waals surface area contributed by atoms with E-state index >= 15 is 0 Å². The van der Waals surface area contributed by atoms with Crippen LogP contribution in [0.3, 0.4) is 0 Å². The third-order valence-corrected chi connectivity index (χ3v) is 4.25. The fraction of sp³-hybridized carbons (Fsp3) is 0.846. The van der Waals surface area contributed by atoms with Crippen molar-refractivity contribution < 1.29 is 19.4 Å². The molecule has 0 heterocycles. The first-order chi connectivity index (χ1) is 8.15. The molecule has 1 unspecified atom stereocenters. The lowest BCUT2D eigenvalue weighted by molar-refractivity contribution is -0.144. The third-order valence-electron chi connectivity index (χ3n) is 4.25. The van der Waals surface area contributed by atoms with Crippen LogP contribution in [0.15, 0.2) is 0 Å². The lowest BCUT2D eigenvalue weighted by Gasteiger charge is -2.15. The Morgan fingerprint density at radius 2 is 2.18 bits per heavy atom. The Kier molecular flexibility index (Phi) is 3.82. The molecule has 5 atom stereocenters. The SMILES string of the molecule is CCOC(=O)CC1C[C@@H]2C[C@@H](O)[C@H](C=O)[C@@H]2C1. The van der Waals surface area contributed by atoms with E-state index < -0.39 is 6.10 Å². The van der Waals surface area contributed by atoms with Crippen molar-refractivity contribution in [2.75, 3.05) is 6.61 Å². The highest BCUT2D eigenvalue weighted by Gasteiger charge is 2.48. The van der Waals surface area contributed by atoms with Crippen LogP contribution in [0.1, 0.15) is 32.6 Å². The predicted molar refractivity (Wildman–Crippen MR) is 61.1 cm³/mol. The summed E-state index contributed by atoms with van der Waals surface area (Å²) in [5, 5.41) is 9.72. The third kappa shape index (κ3) is 2.51. The topological polar surface area (TPSA) is 63.6 Å². The van der Waals surface area contributed by atoms with Crippen molar-refractivity contribution in [1.82, 2.24) is 0 Å². The molecule has 2 aliphatic rings. The van der Waals surface area contributed by atoms with E-state index in [0.717, 1.165) is 19.1 Å². The highest BCUT2D eigenvalue weighted by molar-refractivity contribution is 5.69. The molecular weight excluding hydrogens is 220 g/mol. The van der Waals surface area contributed by atoms with Crippen molar-refractivity contribution >= 4 is 12.3 Å². The van der Waals surface area contributed by atoms with E-state index in [2.05, 4.69) is 0 Å². The summed E-state index contributed by atoms with van der Waals surface area (Å²) in [7, 11) is 0. The summed E-state index contributed by atoms with van der Waals surface area (Å²) < 4.78 is 4.94. The maximum absolute atomic E-state index is 11.4. The molecule has 96 valence electrons. The number of carbonyl (C=O) groups excluding carboxylic acids is 2. The average molecular weight is 240 g/mol. The van der Waals surface area contributed by atoms with Gasteiger partial charge in [0.2, 0.25) is 0 Å². The first-order valence-corrected chi connectivity index (χ1v) is 6.44. The molecule has 0 bridgehead atoms. The van der Waals surface area contributed by atoms with Crippen LogP contribution in [0, 0.1) is 23.7 Å². The van der Waals surface area contributed by atoms with Gasteiger partial charge in [0.15, 0.2) is 0 Å². The Morgan fingerprint density at radius 3 is 2.82 bits per heavy atom. The van der Waals surface area contributed by atoms with E-state index in [9.17, 15) is 14.7 Å². The molecule has 2 rings (SSSR count). The molecule has 0 radical (unpaired) electrons. The Bertz CT molecular complexity index is 302. The van der Waals surface area contributed by atoms with Gasteiger partial charge in [0, 0.05) is 12.3 Å². The minimum Gasteiger partial charge on any atom is -0.466 e. The molecule has 2 aliphatic carbocycles. The first-order valence-electron chi connectivity index (χ1n) is 6.44. The number of aliphatic hydroxyl groups excluding tert-OH is 1. The van der Waals surface area contributed by atoms with Crippen molar-refractivity contribution in [3.8, 4) is 0 Å². The van der Waals surface area contributed by atoms with E-state index in [1.54, 1.807) is 6.92 Å². The molecular formula is C13H20O4. The number of hydrogen-bond acceptors (Lipinski definition) is 4. The molecule has 0 aromatic rings. The van der Waals surface area contributed by atoms with Crippen LogP contribution in [0.5, 0.6) is 0 Å². The van der Waals surface area contributed by atoms with Gasteiger partial charge in [0.05, 0.1) is 12.7 Å². The zero-order valence-electron chi connectivity index (χ0n) is 10.2. The van der Waals surface area contributed by atoms with Crippen LogP contribution in [-0.2, 0) is 14.3 Å². The largest absolute Gasteiger partial charge is 0.466 e. The molecule has 4 nitrogen and oxygen atoms in total. The van der Waals surface area contributed by atoms with Crippen molar-refractivity contribution in [2.45, 2.75) is 38.7 Å². The second-order valence-corrected chi connectivity index (χ2v) is 5.29. The Morgan fingerprint density at radius 1 is 1.41 bits per heavy atom. The smallest absolute Gasteiger partial charge is 0.306 e. The minimum atomic E-state index is -0.467. The summed E-state index contributed by atoms with van der Waals surface area (Å²) in [6.45, 7) is 2.23. The fourth-order valence-electron chi connectivity index (χ4n) is 3.59. The molecule has 17 heavy (non-hydrogen) atoms. The second-order valence-electron chi connectivity index (χ2n) is 5.29. The van der Waals surface area contributed by atoms with Crippen molar-refractivity contribution in [2.24, 2.45) is 23.7 Å². The van der Waals surface area contributed by atoms with Crippen molar-refractivity contribution in [3.05, 3.63) is 0 Å². The normalized spacial score (nSPS) is 40.0. The van der Waals surface area contributed by atoms with Crippen LogP contribution in [0.25, 0.3) is 0 Å². The van der Waals surface area contributed by atoms with Gasteiger partial charge in [-0.1, -0.05) is 0 Å². The number of rotatable bonds is 4. The number of ether oxygens (including phenoxy) is 1. The van der Waals surface area contributed by atoms with Gasteiger partial charge in [-0.3, -0.25) is 4.79 Å². The van der Waals surface area contributed by atoms with Gasteiger partial charge in [-0.15, -0.1) is 0 Å². The summed E-state index contributed by atoms with van der Waals surface area (Å²) in [6, 6.07) is 0. The molecule has 0 aromatic carbocycles. The summed E-state index contributed by atoms with van der Waals surface area (Å²) in [4.78, 5) is 22.3. The lowest BCUT2D eigenvalue weighted by atomic mass is 9.91. The maximum Gasteiger partial charge on any atom is 0.306 e. The minimum absolute atomic E-state index is 0.138. The maximum atomic E-state index is 11.4. The molecule has 1 N–H and O–H groups in total. The van der Waals surface area contributed by atoms with Gasteiger partial charge in [0.1, 0.15) is 6.29 Å².